The monoisotopic (exact) mass is 666 g/mol. The number of piperidine rings is 1. The number of ether oxygens (including phenoxy) is 3. The van der Waals surface area contributed by atoms with Gasteiger partial charge in [0.2, 0.25) is 5.60 Å². The molecule has 2 saturated heterocycles. The standard InChI is InChI=1S/C34H39FN4O7S/c1-4-45-29-10-6-5-9-26(29)34(46-33(41)38-21-19-37(20-22-38)25-15-17-36(2)18-16-25)27-23-24(35)13-14-28(27)39(32(34)40)47(42,43)31-12-8-7-11-30(31)44-3/h5-14,23,25H,4,15-22H2,1-3H3. The summed E-state index contributed by atoms with van der Waals surface area (Å²) in [4.78, 5) is 34.9. The number of sulfonamides is 1. The summed E-state index contributed by atoms with van der Waals surface area (Å²) in [5.41, 5.74) is -2.59. The van der Waals surface area contributed by atoms with Crippen molar-refractivity contribution in [1.82, 2.24) is 14.7 Å². The number of rotatable bonds is 8. The number of benzene rings is 3. The fourth-order valence-corrected chi connectivity index (χ4v) is 8.40. The van der Waals surface area contributed by atoms with E-state index in [4.69, 9.17) is 14.2 Å². The number of piperazine rings is 1. The van der Waals surface area contributed by atoms with Gasteiger partial charge in [-0.2, -0.15) is 4.31 Å². The minimum atomic E-state index is -4.66. The van der Waals surface area contributed by atoms with Gasteiger partial charge >= 0.3 is 6.09 Å². The molecule has 11 nitrogen and oxygen atoms in total. The zero-order chi connectivity index (χ0) is 33.3. The van der Waals surface area contributed by atoms with Gasteiger partial charge < -0.3 is 24.0 Å². The van der Waals surface area contributed by atoms with E-state index in [1.807, 2.05) is 0 Å². The molecule has 0 aliphatic carbocycles. The van der Waals surface area contributed by atoms with E-state index in [-0.39, 0.29) is 39.8 Å². The number of methoxy groups -OCH3 is 1. The van der Waals surface area contributed by atoms with E-state index >= 15 is 4.39 Å². The summed E-state index contributed by atoms with van der Waals surface area (Å²) in [6.45, 7) is 5.93. The van der Waals surface area contributed by atoms with Crippen LogP contribution < -0.4 is 13.8 Å². The first kappa shape index (κ1) is 32.7. The van der Waals surface area contributed by atoms with Crippen LogP contribution in [0.25, 0.3) is 0 Å². The molecule has 1 atom stereocenters. The summed E-state index contributed by atoms with van der Waals surface area (Å²) >= 11 is 0. The van der Waals surface area contributed by atoms with Crippen LogP contribution in [0.5, 0.6) is 11.5 Å². The minimum absolute atomic E-state index is 0.00987. The van der Waals surface area contributed by atoms with Crippen LogP contribution in [-0.2, 0) is 25.2 Å². The highest BCUT2D eigenvalue weighted by molar-refractivity contribution is 7.93. The largest absolute Gasteiger partial charge is 0.495 e. The van der Waals surface area contributed by atoms with Crippen molar-refractivity contribution in [3.8, 4) is 11.5 Å². The SMILES string of the molecule is CCOc1ccccc1C1(OC(=O)N2CCN(C3CCN(C)CC3)CC2)C(=O)N(S(=O)(=O)c2ccccc2OC)c2ccc(F)cc21. The van der Waals surface area contributed by atoms with Crippen LogP contribution in [0.4, 0.5) is 14.9 Å². The Labute approximate surface area is 274 Å². The van der Waals surface area contributed by atoms with Crippen LogP contribution in [-0.4, -0.2) is 101 Å². The van der Waals surface area contributed by atoms with Crippen molar-refractivity contribution in [3.05, 3.63) is 83.7 Å². The summed E-state index contributed by atoms with van der Waals surface area (Å²) in [6, 6.07) is 16.0. The maximum absolute atomic E-state index is 15.1. The molecule has 6 rings (SSSR count). The Hall–Kier alpha value is -4.20. The van der Waals surface area contributed by atoms with Crippen molar-refractivity contribution in [3.63, 3.8) is 0 Å². The molecule has 0 radical (unpaired) electrons. The fourth-order valence-electron chi connectivity index (χ4n) is 6.78. The van der Waals surface area contributed by atoms with Crippen molar-refractivity contribution in [2.24, 2.45) is 0 Å². The lowest BCUT2D eigenvalue weighted by Crippen LogP contribution is -2.55. The molecular formula is C34H39FN4O7S. The lowest BCUT2D eigenvalue weighted by atomic mass is 9.86. The van der Waals surface area contributed by atoms with Gasteiger partial charge in [0.1, 0.15) is 22.2 Å². The van der Waals surface area contributed by atoms with E-state index in [1.165, 1.54) is 42.3 Å². The second-order valence-electron chi connectivity index (χ2n) is 11.9. The molecule has 1 unspecified atom stereocenters. The average Bonchev–Trinajstić information content (AvgIpc) is 3.33. The molecule has 3 heterocycles. The molecule has 0 N–H and O–H groups in total. The maximum atomic E-state index is 15.1. The lowest BCUT2D eigenvalue weighted by Gasteiger charge is -2.42. The zero-order valence-corrected chi connectivity index (χ0v) is 27.5. The number of fused-ring (bicyclic) bond motifs is 1. The van der Waals surface area contributed by atoms with E-state index in [2.05, 4.69) is 16.8 Å². The number of nitrogens with zero attached hydrogens (tertiary/aromatic N) is 4. The topological polar surface area (TPSA) is 109 Å². The smallest absolute Gasteiger partial charge is 0.411 e. The Morgan fingerprint density at radius 3 is 2.26 bits per heavy atom. The molecule has 3 aliphatic heterocycles. The van der Waals surface area contributed by atoms with Crippen molar-refractivity contribution in [2.75, 3.05) is 64.3 Å². The third-order valence-electron chi connectivity index (χ3n) is 9.21. The van der Waals surface area contributed by atoms with Gasteiger partial charge in [0.15, 0.2) is 0 Å². The summed E-state index contributed by atoms with van der Waals surface area (Å²) in [7, 11) is -1.23. The second kappa shape index (κ2) is 13.1. The third-order valence-corrected chi connectivity index (χ3v) is 10.9. The molecule has 47 heavy (non-hydrogen) atoms. The van der Waals surface area contributed by atoms with Crippen LogP contribution in [0, 0.1) is 5.82 Å². The zero-order valence-electron chi connectivity index (χ0n) is 26.7. The Bertz CT molecular complexity index is 1760. The Morgan fingerprint density at radius 2 is 1.57 bits per heavy atom. The van der Waals surface area contributed by atoms with Gasteiger partial charge in [-0.15, -0.1) is 0 Å². The number of hydrogen-bond acceptors (Lipinski definition) is 9. The normalized spacial score (nSPS) is 21.1. The summed E-state index contributed by atoms with van der Waals surface area (Å²) in [5.74, 6) is -1.64. The maximum Gasteiger partial charge on any atom is 0.411 e. The highest BCUT2D eigenvalue weighted by atomic mass is 32.2. The molecule has 3 aliphatic rings. The van der Waals surface area contributed by atoms with Gasteiger partial charge in [-0.3, -0.25) is 9.69 Å². The van der Waals surface area contributed by atoms with E-state index < -0.39 is 33.4 Å². The number of anilines is 1. The predicted octanol–water partition coefficient (Wildman–Crippen LogP) is 4.06. The van der Waals surface area contributed by atoms with Crippen LogP contribution >= 0.6 is 0 Å². The molecule has 0 aromatic heterocycles. The van der Waals surface area contributed by atoms with Gasteiger partial charge in [-0.1, -0.05) is 30.3 Å². The van der Waals surface area contributed by atoms with E-state index in [1.54, 1.807) is 31.2 Å². The molecule has 3 aromatic carbocycles. The van der Waals surface area contributed by atoms with Crippen LogP contribution in [0.3, 0.4) is 0 Å². The van der Waals surface area contributed by atoms with Gasteiger partial charge in [-0.05, 0) is 76.3 Å². The first-order chi connectivity index (χ1) is 22.6. The fraction of sp³-hybridized carbons (Fsp3) is 0.412. The molecule has 0 spiro atoms. The Morgan fingerprint density at radius 1 is 0.915 bits per heavy atom. The van der Waals surface area contributed by atoms with Crippen molar-refractivity contribution in [2.45, 2.75) is 36.3 Å². The van der Waals surface area contributed by atoms with Gasteiger partial charge in [0, 0.05) is 37.8 Å². The highest BCUT2D eigenvalue weighted by Gasteiger charge is 2.61. The average molecular weight is 667 g/mol. The van der Waals surface area contributed by atoms with Gasteiger partial charge in [-0.25, -0.2) is 17.6 Å². The van der Waals surface area contributed by atoms with E-state index in [0.717, 1.165) is 38.1 Å². The number of amides is 2. The molecule has 3 aromatic rings. The quantitative estimate of drug-likeness (QED) is 0.352. The Kier molecular flexibility index (Phi) is 9.14. The molecule has 0 bridgehead atoms. The molecular weight excluding hydrogens is 627 g/mol. The van der Waals surface area contributed by atoms with Crippen molar-refractivity contribution >= 4 is 27.7 Å². The number of halogens is 1. The minimum Gasteiger partial charge on any atom is -0.495 e. The summed E-state index contributed by atoms with van der Waals surface area (Å²) in [5, 5.41) is 0. The number of carbonyl (C=O) groups is 2. The van der Waals surface area contributed by atoms with Crippen molar-refractivity contribution in [1.29, 1.82) is 0 Å². The second-order valence-corrected chi connectivity index (χ2v) is 13.7. The Balaban J connectivity index is 1.42. The van der Waals surface area contributed by atoms with Gasteiger partial charge in [0.05, 0.1) is 25.0 Å². The number of likely N-dealkylation sites (tertiary alicyclic amines) is 1. The van der Waals surface area contributed by atoms with Crippen LogP contribution in [0.15, 0.2) is 71.6 Å². The first-order valence-corrected chi connectivity index (χ1v) is 17.2. The number of hydrogen-bond donors (Lipinski definition) is 0. The predicted molar refractivity (Wildman–Crippen MR) is 173 cm³/mol. The van der Waals surface area contributed by atoms with Crippen molar-refractivity contribution < 1.29 is 36.6 Å². The highest BCUT2D eigenvalue weighted by Crippen LogP contribution is 2.52. The van der Waals surface area contributed by atoms with E-state index in [9.17, 15) is 18.0 Å². The van der Waals surface area contributed by atoms with Crippen LogP contribution in [0.1, 0.15) is 30.9 Å². The molecule has 2 fully saturated rings. The van der Waals surface area contributed by atoms with Crippen LogP contribution in [0.2, 0.25) is 0 Å². The lowest BCUT2D eigenvalue weighted by molar-refractivity contribution is -0.132. The summed E-state index contributed by atoms with van der Waals surface area (Å²) in [6.07, 6.45) is 1.27. The van der Waals surface area contributed by atoms with E-state index in [0.29, 0.717) is 36.5 Å². The number of carbonyl (C=O) groups excluding carboxylic acids is 2. The molecule has 0 saturated carbocycles. The number of para-hydroxylation sites is 2. The first-order valence-electron chi connectivity index (χ1n) is 15.8. The molecule has 2 amide bonds. The summed E-state index contributed by atoms with van der Waals surface area (Å²) < 4.78 is 61.8. The molecule has 250 valence electrons. The third kappa shape index (κ3) is 5.80. The molecule has 13 heteroatoms. The van der Waals surface area contributed by atoms with Gasteiger partial charge in [0.25, 0.3) is 15.9 Å².